The molecule has 0 N–H and O–H groups in total. The summed E-state index contributed by atoms with van der Waals surface area (Å²) in [5, 5.41) is 4.42. The Balaban J connectivity index is 1.58. The Bertz CT molecular complexity index is 1330. The van der Waals surface area contributed by atoms with Gasteiger partial charge in [0.05, 0.1) is 18.2 Å². The Morgan fingerprint density at radius 1 is 1.12 bits per heavy atom. The predicted molar refractivity (Wildman–Crippen MR) is 132 cm³/mol. The fourth-order valence-electron chi connectivity index (χ4n) is 3.35. The molecule has 2 aromatic carbocycles. The summed E-state index contributed by atoms with van der Waals surface area (Å²) >= 11 is 4.82. The maximum atomic E-state index is 12.9. The Kier molecular flexibility index (Phi) is 7.22. The topological polar surface area (TPSA) is 65.7 Å². The van der Waals surface area contributed by atoms with Gasteiger partial charge in [0.2, 0.25) is 4.96 Å². The smallest absolute Gasteiger partial charge is 0.291 e. The number of unbranched alkanes of at least 4 members (excludes halogenated alkanes) is 3. The minimum absolute atomic E-state index is 0.189. The van der Waals surface area contributed by atoms with Crippen molar-refractivity contribution in [1.29, 1.82) is 0 Å². The van der Waals surface area contributed by atoms with Crippen LogP contribution in [0.4, 0.5) is 0 Å². The summed E-state index contributed by atoms with van der Waals surface area (Å²) in [4.78, 5) is 18.0. The molecule has 0 aliphatic rings. The highest BCUT2D eigenvalue weighted by molar-refractivity contribution is 9.10. The van der Waals surface area contributed by atoms with Gasteiger partial charge in [-0.3, -0.25) is 4.79 Å². The Labute approximate surface area is 198 Å². The van der Waals surface area contributed by atoms with Gasteiger partial charge in [-0.15, -0.1) is 5.10 Å². The number of methoxy groups -OCH3 is 1. The van der Waals surface area contributed by atoms with Crippen LogP contribution in [0.25, 0.3) is 22.4 Å². The van der Waals surface area contributed by atoms with E-state index in [1.54, 1.807) is 7.11 Å². The molecule has 6 nitrogen and oxygen atoms in total. The predicted octanol–water partition coefficient (Wildman–Crippen LogP) is 5.10. The normalized spacial score (nSPS) is 11.9. The fourth-order valence-corrected chi connectivity index (χ4v) is 4.72. The molecule has 32 heavy (non-hydrogen) atoms. The first-order valence-corrected chi connectivity index (χ1v) is 12.2. The maximum absolute atomic E-state index is 12.9. The number of ether oxygens (including phenoxy) is 2. The lowest BCUT2D eigenvalue weighted by Crippen LogP contribution is -2.23. The molecule has 2 aromatic heterocycles. The van der Waals surface area contributed by atoms with E-state index in [1.807, 2.05) is 48.5 Å². The highest BCUT2D eigenvalue weighted by atomic mass is 79.9. The van der Waals surface area contributed by atoms with Crippen LogP contribution in [0, 0.1) is 0 Å². The molecule has 4 aromatic rings. The highest BCUT2D eigenvalue weighted by Gasteiger charge is 2.14. The molecule has 0 atom stereocenters. The van der Waals surface area contributed by atoms with Crippen molar-refractivity contribution >= 4 is 38.3 Å². The number of halogens is 1. The van der Waals surface area contributed by atoms with Crippen LogP contribution >= 0.6 is 27.3 Å². The van der Waals surface area contributed by atoms with Crippen LogP contribution in [0.5, 0.6) is 11.5 Å². The van der Waals surface area contributed by atoms with Crippen molar-refractivity contribution in [3.05, 3.63) is 67.4 Å². The first kappa shape index (κ1) is 22.5. The van der Waals surface area contributed by atoms with Gasteiger partial charge in [0.1, 0.15) is 0 Å². The molecule has 0 aliphatic carbocycles. The number of fused-ring (bicyclic) bond motifs is 1. The zero-order valence-corrected chi connectivity index (χ0v) is 20.4. The van der Waals surface area contributed by atoms with E-state index in [4.69, 9.17) is 9.47 Å². The van der Waals surface area contributed by atoms with Crippen molar-refractivity contribution in [1.82, 2.24) is 14.6 Å². The van der Waals surface area contributed by atoms with Crippen molar-refractivity contribution in [2.45, 2.75) is 32.6 Å². The molecule has 166 valence electrons. The average Bonchev–Trinajstić information content (AvgIpc) is 3.33. The van der Waals surface area contributed by atoms with Gasteiger partial charge in [0.25, 0.3) is 5.56 Å². The Hall–Kier alpha value is -2.71. The third-order valence-corrected chi connectivity index (χ3v) is 6.69. The van der Waals surface area contributed by atoms with E-state index in [9.17, 15) is 4.79 Å². The summed E-state index contributed by atoms with van der Waals surface area (Å²) in [5.41, 5.74) is 1.52. The minimum atomic E-state index is -0.189. The van der Waals surface area contributed by atoms with E-state index in [1.165, 1.54) is 28.7 Å². The van der Waals surface area contributed by atoms with Crippen LogP contribution < -0.4 is 19.6 Å². The molecule has 0 amide bonds. The van der Waals surface area contributed by atoms with E-state index < -0.39 is 0 Å². The number of rotatable bonds is 9. The van der Waals surface area contributed by atoms with Crippen LogP contribution in [-0.2, 0) is 0 Å². The number of hydrogen-bond acceptors (Lipinski definition) is 6. The lowest BCUT2D eigenvalue weighted by Gasteiger charge is -2.11. The molecular weight excluding hydrogens is 490 g/mol. The summed E-state index contributed by atoms with van der Waals surface area (Å²) in [6.45, 7) is 2.85. The van der Waals surface area contributed by atoms with Gasteiger partial charge < -0.3 is 9.47 Å². The highest BCUT2D eigenvalue weighted by Crippen LogP contribution is 2.29. The van der Waals surface area contributed by atoms with Crippen molar-refractivity contribution in [2.24, 2.45) is 0 Å². The van der Waals surface area contributed by atoms with Gasteiger partial charge in [-0.25, -0.2) is 0 Å². The van der Waals surface area contributed by atoms with Gasteiger partial charge in [0, 0.05) is 10.0 Å². The zero-order chi connectivity index (χ0) is 22.5. The summed E-state index contributed by atoms with van der Waals surface area (Å²) < 4.78 is 14.2. The number of thiazole rings is 1. The van der Waals surface area contributed by atoms with Gasteiger partial charge in [-0.2, -0.15) is 9.50 Å². The lowest BCUT2D eigenvalue weighted by molar-refractivity contribution is 0.285. The molecule has 4 rings (SSSR count). The molecule has 0 saturated heterocycles. The summed E-state index contributed by atoms with van der Waals surface area (Å²) in [6.07, 6.45) is 6.43. The van der Waals surface area contributed by atoms with Crippen molar-refractivity contribution in [3.8, 4) is 22.9 Å². The van der Waals surface area contributed by atoms with Crippen molar-refractivity contribution < 1.29 is 9.47 Å². The van der Waals surface area contributed by atoms with Crippen LogP contribution in [-0.4, -0.2) is 28.3 Å². The lowest BCUT2D eigenvalue weighted by atomic mass is 10.2. The fraction of sp³-hybridized carbons (Fsp3) is 0.292. The van der Waals surface area contributed by atoms with E-state index in [0.29, 0.717) is 33.4 Å². The first-order chi connectivity index (χ1) is 15.6. The van der Waals surface area contributed by atoms with Gasteiger partial charge in [-0.1, -0.05) is 71.7 Å². The molecular formula is C24H24BrN3O3S. The summed E-state index contributed by atoms with van der Waals surface area (Å²) in [6, 6.07) is 13.4. The third-order valence-electron chi connectivity index (χ3n) is 5.04. The largest absolute Gasteiger partial charge is 0.493 e. The van der Waals surface area contributed by atoms with Crippen LogP contribution in [0.3, 0.4) is 0 Å². The molecule has 0 saturated carbocycles. The molecule has 2 heterocycles. The van der Waals surface area contributed by atoms with E-state index >= 15 is 0 Å². The van der Waals surface area contributed by atoms with E-state index in [0.717, 1.165) is 28.4 Å². The molecule has 0 spiro atoms. The first-order valence-electron chi connectivity index (χ1n) is 10.6. The molecule has 8 heteroatoms. The third kappa shape index (κ3) is 4.86. The maximum Gasteiger partial charge on any atom is 0.291 e. The average molecular weight is 514 g/mol. The van der Waals surface area contributed by atoms with Crippen molar-refractivity contribution in [2.75, 3.05) is 13.7 Å². The standard InChI is InChI=1S/C24H24BrN3O3S/c1-3-4-5-8-13-31-19-12-11-16(14-20(19)30-2)15-21-23(29)28-24(32-21)26-22(27-28)17-9-6-7-10-18(17)25/h6-7,9-12,14-15H,3-5,8,13H2,1-2H3/b21-15-. The molecule has 0 bridgehead atoms. The summed E-state index contributed by atoms with van der Waals surface area (Å²) in [5.74, 6) is 1.89. The monoisotopic (exact) mass is 513 g/mol. The molecule has 0 unspecified atom stereocenters. The van der Waals surface area contributed by atoms with Gasteiger partial charge in [-0.05, 0) is 42.3 Å². The minimum Gasteiger partial charge on any atom is -0.493 e. The van der Waals surface area contributed by atoms with E-state index in [-0.39, 0.29) is 5.56 Å². The zero-order valence-electron chi connectivity index (χ0n) is 18.0. The number of aromatic nitrogens is 3. The molecule has 0 radical (unpaired) electrons. The van der Waals surface area contributed by atoms with Crippen molar-refractivity contribution in [3.63, 3.8) is 0 Å². The second-order valence-corrected chi connectivity index (χ2v) is 9.21. The van der Waals surface area contributed by atoms with Crippen LogP contribution in [0.1, 0.15) is 38.2 Å². The Morgan fingerprint density at radius 3 is 2.72 bits per heavy atom. The van der Waals surface area contributed by atoms with E-state index in [2.05, 4.69) is 32.9 Å². The van der Waals surface area contributed by atoms with Gasteiger partial charge in [0.15, 0.2) is 17.3 Å². The quantitative estimate of drug-likeness (QED) is 0.291. The second kappa shape index (κ2) is 10.3. The number of nitrogens with zero attached hydrogens (tertiary/aromatic N) is 3. The number of benzene rings is 2. The van der Waals surface area contributed by atoms with Crippen LogP contribution in [0.15, 0.2) is 51.7 Å². The second-order valence-electron chi connectivity index (χ2n) is 7.34. The number of hydrogen-bond donors (Lipinski definition) is 0. The van der Waals surface area contributed by atoms with Gasteiger partial charge >= 0.3 is 0 Å². The Morgan fingerprint density at radius 2 is 1.97 bits per heavy atom. The summed E-state index contributed by atoms with van der Waals surface area (Å²) in [7, 11) is 1.62. The SMILES string of the molecule is CCCCCCOc1ccc(/C=c2\sc3nc(-c4ccccc4Br)nn3c2=O)cc1OC. The molecule has 0 fully saturated rings. The molecule has 0 aliphatic heterocycles. The van der Waals surface area contributed by atoms with Crippen LogP contribution in [0.2, 0.25) is 0 Å².